The Balaban J connectivity index is 1.97. The number of ketones is 1. The lowest BCUT2D eigenvalue weighted by Gasteiger charge is -2.09. The van der Waals surface area contributed by atoms with Gasteiger partial charge in [0.2, 0.25) is 0 Å². The van der Waals surface area contributed by atoms with E-state index in [9.17, 15) is 4.79 Å². The lowest BCUT2D eigenvalue weighted by atomic mass is 9.98. The minimum Gasteiger partial charge on any atom is -0.497 e. The fraction of sp³-hybridized carbons (Fsp3) is 0.500. The van der Waals surface area contributed by atoms with Crippen LogP contribution in [-0.2, 0) is 16.0 Å². The quantitative estimate of drug-likeness (QED) is 0.838. The Morgan fingerprint density at radius 1 is 1.56 bits per heavy atom. The SMILES string of the molecule is COc1ccc(Br)c(CC(=O)CC2CCOC2)c1. The molecule has 4 heteroatoms. The summed E-state index contributed by atoms with van der Waals surface area (Å²) in [6.45, 7) is 1.52. The largest absolute Gasteiger partial charge is 0.497 e. The summed E-state index contributed by atoms with van der Waals surface area (Å²) in [4.78, 5) is 12.0. The first-order chi connectivity index (χ1) is 8.69. The van der Waals surface area contributed by atoms with Gasteiger partial charge in [-0.25, -0.2) is 0 Å². The van der Waals surface area contributed by atoms with Crippen LogP contribution >= 0.6 is 15.9 Å². The van der Waals surface area contributed by atoms with Crippen LogP contribution in [0.15, 0.2) is 22.7 Å². The zero-order valence-corrected chi connectivity index (χ0v) is 12.0. The minimum absolute atomic E-state index is 0.263. The number of carbonyl (C=O) groups is 1. The molecule has 1 unspecified atom stereocenters. The fourth-order valence-electron chi connectivity index (χ4n) is 2.16. The van der Waals surface area contributed by atoms with Crippen molar-refractivity contribution < 1.29 is 14.3 Å². The van der Waals surface area contributed by atoms with Crippen molar-refractivity contribution in [1.29, 1.82) is 0 Å². The van der Waals surface area contributed by atoms with Crippen LogP contribution in [-0.4, -0.2) is 26.1 Å². The van der Waals surface area contributed by atoms with Gasteiger partial charge in [-0.05, 0) is 36.1 Å². The molecule has 1 aromatic rings. The predicted octanol–water partition coefficient (Wildman–Crippen LogP) is 3.00. The summed E-state index contributed by atoms with van der Waals surface area (Å²) in [5.41, 5.74) is 0.985. The van der Waals surface area contributed by atoms with Crippen LogP contribution in [0.1, 0.15) is 18.4 Å². The highest BCUT2D eigenvalue weighted by molar-refractivity contribution is 9.10. The van der Waals surface area contributed by atoms with Crippen LogP contribution in [0.4, 0.5) is 0 Å². The smallest absolute Gasteiger partial charge is 0.137 e. The second-order valence-corrected chi connectivity index (χ2v) is 5.46. The molecule has 1 aliphatic rings. The summed E-state index contributed by atoms with van der Waals surface area (Å²) in [5, 5.41) is 0. The van der Waals surface area contributed by atoms with Gasteiger partial charge >= 0.3 is 0 Å². The van der Waals surface area contributed by atoms with E-state index < -0.39 is 0 Å². The third kappa shape index (κ3) is 3.56. The van der Waals surface area contributed by atoms with E-state index in [1.54, 1.807) is 7.11 Å². The monoisotopic (exact) mass is 312 g/mol. The zero-order valence-electron chi connectivity index (χ0n) is 10.4. The number of ether oxygens (including phenoxy) is 2. The van der Waals surface area contributed by atoms with Crippen molar-refractivity contribution >= 4 is 21.7 Å². The van der Waals surface area contributed by atoms with Crippen LogP contribution in [0.5, 0.6) is 5.75 Å². The first kappa shape index (κ1) is 13.6. The highest BCUT2D eigenvalue weighted by Crippen LogP contribution is 2.24. The first-order valence-electron chi connectivity index (χ1n) is 6.11. The molecule has 0 radical (unpaired) electrons. The van der Waals surface area contributed by atoms with Gasteiger partial charge in [0.1, 0.15) is 11.5 Å². The Labute approximate surface area is 116 Å². The van der Waals surface area contributed by atoms with Gasteiger partial charge in [-0.15, -0.1) is 0 Å². The van der Waals surface area contributed by atoms with Crippen molar-refractivity contribution in [2.45, 2.75) is 19.3 Å². The Morgan fingerprint density at radius 3 is 3.06 bits per heavy atom. The molecule has 0 bridgehead atoms. The lowest BCUT2D eigenvalue weighted by molar-refractivity contribution is -0.119. The van der Waals surface area contributed by atoms with Crippen LogP contribution in [0.25, 0.3) is 0 Å². The molecule has 0 aromatic heterocycles. The van der Waals surface area contributed by atoms with Gasteiger partial charge < -0.3 is 9.47 Å². The molecule has 1 heterocycles. The molecule has 2 rings (SSSR count). The highest BCUT2D eigenvalue weighted by Gasteiger charge is 2.19. The van der Waals surface area contributed by atoms with E-state index >= 15 is 0 Å². The third-order valence-electron chi connectivity index (χ3n) is 3.18. The summed E-state index contributed by atoms with van der Waals surface area (Å²) in [7, 11) is 1.63. The van der Waals surface area contributed by atoms with E-state index in [-0.39, 0.29) is 5.78 Å². The van der Waals surface area contributed by atoms with Crippen LogP contribution in [0.3, 0.4) is 0 Å². The van der Waals surface area contributed by atoms with E-state index in [2.05, 4.69) is 15.9 Å². The Morgan fingerprint density at radius 2 is 2.39 bits per heavy atom. The van der Waals surface area contributed by atoms with Crippen LogP contribution in [0.2, 0.25) is 0 Å². The van der Waals surface area contributed by atoms with Gasteiger partial charge in [0.25, 0.3) is 0 Å². The summed E-state index contributed by atoms with van der Waals surface area (Å²) in [6.07, 6.45) is 2.07. The molecule has 1 saturated heterocycles. The van der Waals surface area contributed by atoms with Crippen molar-refractivity contribution in [3.63, 3.8) is 0 Å². The van der Waals surface area contributed by atoms with E-state index in [0.29, 0.717) is 18.8 Å². The number of halogens is 1. The number of Topliss-reactive ketones (excluding diaryl/α,β-unsaturated/α-hetero) is 1. The molecule has 0 aliphatic carbocycles. The zero-order chi connectivity index (χ0) is 13.0. The molecular formula is C14H17BrO3. The number of hydrogen-bond acceptors (Lipinski definition) is 3. The second-order valence-electron chi connectivity index (χ2n) is 4.61. The Kier molecular flexibility index (Phi) is 4.78. The maximum absolute atomic E-state index is 12.0. The van der Waals surface area contributed by atoms with Gasteiger partial charge in [-0.1, -0.05) is 15.9 Å². The molecule has 1 atom stereocenters. The summed E-state index contributed by atoms with van der Waals surface area (Å²) >= 11 is 3.47. The standard InChI is InChI=1S/C14H17BrO3/c1-17-13-2-3-14(15)11(8-13)7-12(16)6-10-4-5-18-9-10/h2-3,8,10H,4-7,9H2,1H3. The van der Waals surface area contributed by atoms with Gasteiger partial charge in [-0.2, -0.15) is 0 Å². The van der Waals surface area contributed by atoms with Crippen molar-refractivity contribution in [2.75, 3.05) is 20.3 Å². The Bertz CT molecular complexity index is 425. The van der Waals surface area contributed by atoms with Gasteiger partial charge in [-0.3, -0.25) is 4.79 Å². The average Bonchev–Trinajstić information content (AvgIpc) is 2.84. The van der Waals surface area contributed by atoms with Crippen molar-refractivity contribution in [3.8, 4) is 5.75 Å². The van der Waals surface area contributed by atoms with Gasteiger partial charge in [0.05, 0.1) is 7.11 Å². The highest BCUT2D eigenvalue weighted by atomic mass is 79.9. The molecular weight excluding hydrogens is 296 g/mol. The fourth-order valence-corrected chi connectivity index (χ4v) is 2.55. The molecule has 1 fully saturated rings. The van der Waals surface area contributed by atoms with E-state index in [1.165, 1.54) is 0 Å². The number of benzene rings is 1. The Hall–Kier alpha value is -0.870. The topological polar surface area (TPSA) is 35.5 Å². The predicted molar refractivity (Wildman–Crippen MR) is 72.9 cm³/mol. The molecule has 0 spiro atoms. The molecule has 0 saturated carbocycles. The first-order valence-corrected chi connectivity index (χ1v) is 6.90. The molecule has 98 valence electrons. The molecule has 0 N–H and O–H groups in total. The summed E-state index contributed by atoms with van der Waals surface area (Å²) < 4.78 is 11.4. The maximum atomic E-state index is 12.0. The van der Waals surface area contributed by atoms with Crippen molar-refractivity contribution in [2.24, 2.45) is 5.92 Å². The minimum atomic E-state index is 0.263. The van der Waals surface area contributed by atoms with E-state index in [4.69, 9.17) is 9.47 Å². The van der Waals surface area contributed by atoms with Crippen molar-refractivity contribution in [3.05, 3.63) is 28.2 Å². The molecule has 3 nitrogen and oxygen atoms in total. The second kappa shape index (κ2) is 6.34. The normalized spacial score (nSPS) is 18.9. The molecule has 0 amide bonds. The number of hydrogen-bond donors (Lipinski definition) is 0. The summed E-state index contributed by atoms with van der Waals surface area (Å²) in [6, 6.07) is 5.70. The van der Waals surface area contributed by atoms with Crippen LogP contribution in [0, 0.1) is 5.92 Å². The summed E-state index contributed by atoms with van der Waals surface area (Å²) in [5.74, 6) is 1.45. The molecule has 18 heavy (non-hydrogen) atoms. The van der Waals surface area contributed by atoms with Gasteiger partial charge in [0.15, 0.2) is 0 Å². The molecule has 1 aliphatic heterocycles. The van der Waals surface area contributed by atoms with E-state index in [1.807, 2.05) is 18.2 Å². The lowest BCUT2D eigenvalue weighted by Crippen LogP contribution is -2.11. The van der Waals surface area contributed by atoms with E-state index in [0.717, 1.165) is 35.4 Å². The average molecular weight is 313 g/mol. The number of carbonyl (C=O) groups excluding carboxylic acids is 1. The number of rotatable bonds is 5. The van der Waals surface area contributed by atoms with Gasteiger partial charge in [0, 0.05) is 30.5 Å². The third-order valence-corrected chi connectivity index (χ3v) is 3.95. The molecule has 1 aromatic carbocycles. The van der Waals surface area contributed by atoms with Crippen LogP contribution < -0.4 is 4.74 Å². The van der Waals surface area contributed by atoms with Crippen molar-refractivity contribution in [1.82, 2.24) is 0 Å². The number of methoxy groups -OCH3 is 1. The maximum Gasteiger partial charge on any atom is 0.137 e.